The highest BCUT2D eigenvalue weighted by Gasteiger charge is 2.35. The van der Waals surface area contributed by atoms with Crippen LogP contribution in [0.5, 0.6) is 0 Å². The van der Waals surface area contributed by atoms with E-state index in [2.05, 4.69) is 36.4 Å². The van der Waals surface area contributed by atoms with Crippen LogP contribution in [0.1, 0.15) is 52.1 Å². The van der Waals surface area contributed by atoms with E-state index in [1.165, 1.54) is 12.1 Å². The van der Waals surface area contributed by atoms with E-state index < -0.39 is 11.6 Å². The summed E-state index contributed by atoms with van der Waals surface area (Å²) in [6.45, 7) is 9.96. The lowest BCUT2D eigenvalue weighted by Gasteiger charge is -2.40. The fourth-order valence-electron chi connectivity index (χ4n) is 3.57. The average Bonchev–Trinajstić information content (AvgIpc) is 2.57. The standard InChI is InChI=1S/C20H31F2N3O.HI/c1-13(16-9-8-15(21)11-17(16)22)25-19(23-5)24-12-14-7-6-10-26-18(14)20(2,3)4;/h8-9,11,13-14,18H,6-7,10,12H2,1-5H3,(H2,23,24,25);1H. The van der Waals surface area contributed by atoms with Gasteiger partial charge in [0.25, 0.3) is 0 Å². The van der Waals surface area contributed by atoms with Crippen molar-refractivity contribution in [3.8, 4) is 0 Å². The molecule has 1 fully saturated rings. The number of nitrogens with one attached hydrogen (secondary N) is 2. The molecule has 0 aromatic heterocycles. The molecule has 0 amide bonds. The van der Waals surface area contributed by atoms with Gasteiger partial charge in [-0.15, -0.1) is 24.0 Å². The smallest absolute Gasteiger partial charge is 0.191 e. The van der Waals surface area contributed by atoms with Crippen molar-refractivity contribution in [2.75, 3.05) is 20.2 Å². The molecular formula is C20H32F2IN3O. The minimum atomic E-state index is -0.577. The Kier molecular flexibility index (Phi) is 9.41. The number of aliphatic imine (C=N–C) groups is 1. The van der Waals surface area contributed by atoms with Crippen molar-refractivity contribution in [2.45, 2.75) is 52.7 Å². The Morgan fingerprint density at radius 3 is 2.63 bits per heavy atom. The molecule has 3 unspecified atom stereocenters. The molecule has 3 atom stereocenters. The van der Waals surface area contributed by atoms with Crippen LogP contribution in [0.3, 0.4) is 0 Å². The predicted octanol–water partition coefficient (Wildman–Crippen LogP) is 4.65. The summed E-state index contributed by atoms with van der Waals surface area (Å²) in [5.74, 6) is -0.153. The number of halogens is 3. The zero-order chi connectivity index (χ0) is 19.3. The number of rotatable bonds is 4. The molecule has 1 aromatic carbocycles. The van der Waals surface area contributed by atoms with Gasteiger partial charge in [-0.1, -0.05) is 26.8 Å². The molecule has 0 spiro atoms. The summed E-state index contributed by atoms with van der Waals surface area (Å²) < 4.78 is 33.1. The quantitative estimate of drug-likeness (QED) is 0.363. The van der Waals surface area contributed by atoms with Crippen molar-refractivity contribution >= 4 is 29.9 Å². The van der Waals surface area contributed by atoms with Gasteiger partial charge in [-0.05, 0) is 31.2 Å². The van der Waals surface area contributed by atoms with Crippen LogP contribution in [0.2, 0.25) is 0 Å². The second-order valence-electron chi connectivity index (χ2n) is 8.04. The SMILES string of the molecule is CN=C(NCC1CCCOC1C(C)(C)C)NC(C)c1ccc(F)cc1F.I. The third kappa shape index (κ3) is 6.85. The first-order valence-electron chi connectivity index (χ1n) is 9.26. The highest BCUT2D eigenvalue weighted by molar-refractivity contribution is 14.0. The maximum Gasteiger partial charge on any atom is 0.191 e. The molecule has 2 N–H and O–H groups in total. The van der Waals surface area contributed by atoms with E-state index in [0.29, 0.717) is 17.4 Å². The molecule has 1 aromatic rings. The lowest BCUT2D eigenvalue weighted by atomic mass is 9.78. The lowest BCUT2D eigenvalue weighted by Crippen LogP contribution is -2.47. The molecule has 154 valence electrons. The van der Waals surface area contributed by atoms with Gasteiger partial charge in [0.15, 0.2) is 5.96 Å². The van der Waals surface area contributed by atoms with Crippen molar-refractivity contribution in [3.63, 3.8) is 0 Å². The van der Waals surface area contributed by atoms with Gasteiger partial charge in [0, 0.05) is 37.7 Å². The second kappa shape index (κ2) is 10.5. The Balaban J connectivity index is 0.00000364. The van der Waals surface area contributed by atoms with E-state index in [-0.39, 0.29) is 41.5 Å². The summed E-state index contributed by atoms with van der Waals surface area (Å²) in [5, 5.41) is 6.51. The summed E-state index contributed by atoms with van der Waals surface area (Å²) in [7, 11) is 1.68. The van der Waals surface area contributed by atoms with E-state index >= 15 is 0 Å². The number of benzene rings is 1. The van der Waals surface area contributed by atoms with Crippen LogP contribution >= 0.6 is 24.0 Å². The van der Waals surface area contributed by atoms with Gasteiger partial charge in [0.05, 0.1) is 12.1 Å². The molecule has 1 aliphatic heterocycles. The van der Waals surface area contributed by atoms with Crippen LogP contribution in [-0.2, 0) is 4.74 Å². The van der Waals surface area contributed by atoms with Crippen LogP contribution in [0.4, 0.5) is 8.78 Å². The molecule has 0 bridgehead atoms. The van der Waals surface area contributed by atoms with Gasteiger partial charge >= 0.3 is 0 Å². The maximum atomic E-state index is 14.0. The van der Waals surface area contributed by atoms with Crippen LogP contribution in [0.25, 0.3) is 0 Å². The first-order valence-corrected chi connectivity index (χ1v) is 9.26. The van der Waals surface area contributed by atoms with Crippen molar-refractivity contribution in [3.05, 3.63) is 35.4 Å². The minimum absolute atomic E-state index is 0. The summed E-state index contributed by atoms with van der Waals surface area (Å²) in [4.78, 5) is 4.23. The third-order valence-electron chi connectivity index (χ3n) is 4.84. The van der Waals surface area contributed by atoms with Gasteiger partial charge in [0.2, 0.25) is 0 Å². The molecule has 2 rings (SSSR count). The number of nitrogens with zero attached hydrogens (tertiary/aromatic N) is 1. The molecule has 7 heteroatoms. The molecule has 0 radical (unpaired) electrons. The number of ether oxygens (including phenoxy) is 1. The van der Waals surface area contributed by atoms with Gasteiger partial charge in [-0.2, -0.15) is 0 Å². The fourth-order valence-corrected chi connectivity index (χ4v) is 3.57. The number of hydrogen-bond donors (Lipinski definition) is 2. The Hall–Kier alpha value is -0.960. The van der Waals surface area contributed by atoms with Crippen molar-refractivity contribution < 1.29 is 13.5 Å². The molecule has 1 heterocycles. The first-order chi connectivity index (χ1) is 12.2. The molecule has 1 aliphatic rings. The Labute approximate surface area is 178 Å². The zero-order valence-electron chi connectivity index (χ0n) is 16.8. The highest BCUT2D eigenvalue weighted by Crippen LogP contribution is 2.33. The van der Waals surface area contributed by atoms with Crippen LogP contribution in [-0.4, -0.2) is 32.3 Å². The fraction of sp³-hybridized carbons (Fsp3) is 0.650. The van der Waals surface area contributed by atoms with E-state index in [1.807, 2.05) is 6.92 Å². The molecule has 1 saturated heterocycles. The Bertz CT molecular complexity index is 634. The third-order valence-corrected chi connectivity index (χ3v) is 4.84. The average molecular weight is 495 g/mol. The maximum absolute atomic E-state index is 14.0. The van der Waals surface area contributed by atoms with E-state index in [1.54, 1.807) is 7.05 Å². The van der Waals surface area contributed by atoms with E-state index in [0.717, 1.165) is 32.1 Å². The molecular weight excluding hydrogens is 463 g/mol. The topological polar surface area (TPSA) is 45.7 Å². The summed E-state index contributed by atoms with van der Waals surface area (Å²) in [5.41, 5.74) is 0.483. The summed E-state index contributed by atoms with van der Waals surface area (Å²) in [6.07, 6.45) is 2.35. The first kappa shape index (κ1) is 24.1. The van der Waals surface area contributed by atoms with Gasteiger partial charge < -0.3 is 15.4 Å². The van der Waals surface area contributed by atoms with Crippen LogP contribution in [0, 0.1) is 23.0 Å². The van der Waals surface area contributed by atoms with Crippen molar-refractivity contribution in [1.29, 1.82) is 0 Å². The number of guanidine groups is 1. The zero-order valence-corrected chi connectivity index (χ0v) is 19.1. The largest absolute Gasteiger partial charge is 0.377 e. The van der Waals surface area contributed by atoms with Gasteiger partial charge in [0.1, 0.15) is 11.6 Å². The monoisotopic (exact) mass is 495 g/mol. The van der Waals surface area contributed by atoms with Gasteiger partial charge in [-0.25, -0.2) is 8.78 Å². The van der Waals surface area contributed by atoms with E-state index in [9.17, 15) is 8.78 Å². The molecule has 0 saturated carbocycles. The van der Waals surface area contributed by atoms with E-state index in [4.69, 9.17) is 4.74 Å². The lowest BCUT2D eigenvalue weighted by molar-refractivity contribution is -0.0835. The predicted molar refractivity (Wildman–Crippen MR) is 117 cm³/mol. The van der Waals surface area contributed by atoms with Crippen molar-refractivity contribution in [2.24, 2.45) is 16.3 Å². The van der Waals surface area contributed by atoms with Gasteiger partial charge in [-0.3, -0.25) is 4.99 Å². The molecule has 27 heavy (non-hydrogen) atoms. The highest BCUT2D eigenvalue weighted by atomic mass is 127. The second-order valence-corrected chi connectivity index (χ2v) is 8.04. The number of hydrogen-bond acceptors (Lipinski definition) is 2. The van der Waals surface area contributed by atoms with Crippen molar-refractivity contribution in [1.82, 2.24) is 10.6 Å². The molecule has 4 nitrogen and oxygen atoms in total. The summed E-state index contributed by atoms with van der Waals surface area (Å²) in [6, 6.07) is 3.29. The summed E-state index contributed by atoms with van der Waals surface area (Å²) >= 11 is 0. The normalized spacial score (nSPS) is 22.0. The van der Waals surface area contributed by atoms with Crippen LogP contribution in [0.15, 0.2) is 23.2 Å². The minimum Gasteiger partial charge on any atom is -0.377 e. The van der Waals surface area contributed by atoms with Crippen LogP contribution < -0.4 is 10.6 Å². The Morgan fingerprint density at radius 2 is 2.04 bits per heavy atom. The Morgan fingerprint density at radius 1 is 1.33 bits per heavy atom. The molecule has 0 aliphatic carbocycles.